The Balaban J connectivity index is 1.67. The van der Waals surface area contributed by atoms with Crippen LogP contribution in [0.1, 0.15) is 39.2 Å². The zero-order valence-corrected chi connectivity index (χ0v) is 14.3. The molecule has 24 heavy (non-hydrogen) atoms. The van der Waals surface area contributed by atoms with Gasteiger partial charge in [-0.15, -0.1) is 0 Å². The quantitative estimate of drug-likeness (QED) is 0.501. The fourth-order valence-electron chi connectivity index (χ4n) is 2.33. The van der Waals surface area contributed by atoms with E-state index in [-0.39, 0.29) is 18.7 Å². The van der Waals surface area contributed by atoms with E-state index in [0.717, 1.165) is 10.6 Å². The molecule has 7 nitrogen and oxygen atoms in total. The van der Waals surface area contributed by atoms with Crippen molar-refractivity contribution >= 4 is 12.2 Å². The third kappa shape index (κ3) is 5.42. The van der Waals surface area contributed by atoms with Gasteiger partial charge in [-0.25, -0.2) is 20.4 Å². The van der Waals surface area contributed by atoms with Crippen molar-refractivity contribution in [1.29, 1.82) is 0 Å². The van der Waals surface area contributed by atoms with Crippen LogP contribution in [-0.2, 0) is 16.1 Å². The summed E-state index contributed by atoms with van der Waals surface area (Å²) in [6.07, 6.45) is 0.132. The highest BCUT2D eigenvalue weighted by atomic mass is 16.6. The first-order valence-electron chi connectivity index (χ1n) is 7.99. The predicted octanol–water partition coefficient (Wildman–Crippen LogP) is 2.55. The first-order valence-corrected chi connectivity index (χ1v) is 7.99. The van der Waals surface area contributed by atoms with Gasteiger partial charge in [-0.05, 0) is 39.2 Å². The first-order chi connectivity index (χ1) is 11.2. The molecule has 1 aliphatic rings. The Kier molecular flexibility index (Phi) is 5.66. The molecule has 2 amide bonds. The van der Waals surface area contributed by atoms with Gasteiger partial charge in [0, 0.05) is 6.04 Å². The third-order valence-corrected chi connectivity index (χ3v) is 3.65. The minimum Gasteiger partial charge on any atom is -0.445 e. The minimum absolute atomic E-state index is 0.0493. The highest BCUT2D eigenvalue weighted by Gasteiger charge is 2.37. The van der Waals surface area contributed by atoms with Gasteiger partial charge < -0.3 is 14.8 Å². The Morgan fingerprint density at radius 3 is 2.46 bits per heavy atom. The summed E-state index contributed by atoms with van der Waals surface area (Å²) in [7, 11) is 0. The number of nitrogens with two attached hydrogens (primary N) is 1. The predicted molar refractivity (Wildman–Crippen MR) is 88.8 cm³/mol. The summed E-state index contributed by atoms with van der Waals surface area (Å²) in [6, 6.07) is 9.27. The molecule has 0 radical (unpaired) electrons. The summed E-state index contributed by atoms with van der Waals surface area (Å²) in [5, 5.41) is 3.86. The van der Waals surface area contributed by atoms with Gasteiger partial charge >= 0.3 is 12.2 Å². The molecular formula is C17H25N3O4. The van der Waals surface area contributed by atoms with Crippen LogP contribution in [0.4, 0.5) is 9.59 Å². The lowest BCUT2D eigenvalue weighted by molar-refractivity contribution is 0.00209. The van der Waals surface area contributed by atoms with Crippen LogP contribution in [0.2, 0.25) is 0 Å². The van der Waals surface area contributed by atoms with E-state index in [1.54, 1.807) is 20.8 Å². The molecule has 0 atom stereocenters. The molecule has 0 heterocycles. The topological polar surface area (TPSA) is 93.9 Å². The molecule has 0 aromatic heterocycles. The summed E-state index contributed by atoms with van der Waals surface area (Å²) in [6.45, 7) is 5.58. The maximum atomic E-state index is 11.8. The van der Waals surface area contributed by atoms with E-state index in [0.29, 0.717) is 12.8 Å². The Morgan fingerprint density at radius 2 is 1.88 bits per heavy atom. The molecule has 1 aromatic carbocycles. The average Bonchev–Trinajstić information content (AvgIpc) is 2.47. The van der Waals surface area contributed by atoms with Crippen LogP contribution in [0.25, 0.3) is 0 Å². The van der Waals surface area contributed by atoms with Gasteiger partial charge in [0.1, 0.15) is 12.2 Å². The van der Waals surface area contributed by atoms with Crippen molar-refractivity contribution in [3.63, 3.8) is 0 Å². The summed E-state index contributed by atoms with van der Waals surface area (Å²) in [5.74, 6) is 5.77. The van der Waals surface area contributed by atoms with Crippen LogP contribution in [0.5, 0.6) is 0 Å². The van der Waals surface area contributed by atoms with Crippen LogP contribution in [0, 0.1) is 0 Å². The number of carbonyl (C=O) groups is 2. The molecule has 1 aliphatic carbocycles. The van der Waals surface area contributed by atoms with Crippen molar-refractivity contribution < 1.29 is 19.1 Å². The smallest absolute Gasteiger partial charge is 0.424 e. The molecule has 1 saturated carbocycles. The fourth-order valence-corrected chi connectivity index (χ4v) is 2.33. The minimum atomic E-state index is -0.586. The van der Waals surface area contributed by atoms with Gasteiger partial charge in [-0.2, -0.15) is 0 Å². The Bertz CT molecular complexity index is 565. The monoisotopic (exact) mass is 335 g/mol. The molecule has 0 bridgehead atoms. The van der Waals surface area contributed by atoms with Gasteiger partial charge in [0.25, 0.3) is 0 Å². The fraction of sp³-hybridized carbons (Fsp3) is 0.529. The number of nitrogens with zero attached hydrogens (tertiary/aromatic N) is 1. The van der Waals surface area contributed by atoms with Gasteiger partial charge in [-0.3, -0.25) is 0 Å². The van der Waals surface area contributed by atoms with E-state index < -0.39 is 17.8 Å². The van der Waals surface area contributed by atoms with Crippen LogP contribution >= 0.6 is 0 Å². The molecule has 2 rings (SSSR count). The number of amides is 2. The van der Waals surface area contributed by atoms with Crippen LogP contribution in [0.3, 0.4) is 0 Å². The number of alkyl carbamates (subject to hydrolysis) is 1. The van der Waals surface area contributed by atoms with E-state index in [1.807, 2.05) is 30.3 Å². The first kappa shape index (κ1) is 18.1. The number of rotatable bonds is 4. The lowest BCUT2D eigenvalue weighted by Gasteiger charge is -2.40. The number of ether oxygens (including phenoxy) is 2. The second-order valence-corrected chi connectivity index (χ2v) is 6.92. The van der Waals surface area contributed by atoms with Crippen LogP contribution < -0.4 is 11.2 Å². The zero-order valence-electron chi connectivity index (χ0n) is 14.3. The summed E-state index contributed by atoms with van der Waals surface area (Å²) in [4.78, 5) is 23.6. The molecule has 3 N–H and O–H groups in total. The number of hydrogen-bond donors (Lipinski definition) is 2. The standard InChI is InChI=1S/C17H25N3O4/c1-17(2,3)24-16(22)20(18)14-9-13(10-14)19-15(21)23-11-12-7-5-4-6-8-12/h4-8,13-14H,9-11,18H2,1-3H3,(H,19,21). The summed E-state index contributed by atoms with van der Waals surface area (Å²) >= 11 is 0. The van der Waals surface area contributed by atoms with Gasteiger partial charge in [-0.1, -0.05) is 30.3 Å². The Labute approximate surface area is 142 Å². The second kappa shape index (κ2) is 7.53. The average molecular weight is 335 g/mol. The van der Waals surface area contributed by atoms with Crippen molar-refractivity contribution in [1.82, 2.24) is 10.3 Å². The molecule has 0 saturated heterocycles. The SMILES string of the molecule is CC(C)(C)OC(=O)N(N)C1CC(NC(=O)OCc2ccccc2)C1. The molecular weight excluding hydrogens is 310 g/mol. The lowest BCUT2D eigenvalue weighted by Crippen LogP contribution is -2.58. The van der Waals surface area contributed by atoms with E-state index in [2.05, 4.69) is 5.32 Å². The summed E-state index contributed by atoms with van der Waals surface area (Å²) < 4.78 is 10.4. The molecule has 0 aliphatic heterocycles. The highest BCUT2D eigenvalue weighted by molar-refractivity contribution is 5.69. The number of hydrazine groups is 1. The van der Waals surface area contributed by atoms with Gasteiger partial charge in [0.15, 0.2) is 0 Å². The van der Waals surface area contributed by atoms with Crippen LogP contribution in [0.15, 0.2) is 30.3 Å². The third-order valence-electron chi connectivity index (χ3n) is 3.65. The number of carbonyl (C=O) groups excluding carboxylic acids is 2. The molecule has 0 unspecified atom stereocenters. The number of hydrogen-bond acceptors (Lipinski definition) is 5. The van der Waals surface area contributed by atoms with Crippen molar-refractivity contribution in [3.05, 3.63) is 35.9 Å². The van der Waals surface area contributed by atoms with E-state index in [9.17, 15) is 9.59 Å². The van der Waals surface area contributed by atoms with E-state index in [1.165, 1.54) is 0 Å². The molecule has 7 heteroatoms. The normalized spacial score (nSPS) is 19.8. The van der Waals surface area contributed by atoms with Crippen molar-refractivity contribution in [3.8, 4) is 0 Å². The second-order valence-electron chi connectivity index (χ2n) is 6.92. The maximum absolute atomic E-state index is 11.8. The lowest BCUT2D eigenvalue weighted by atomic mass is 9.86. The van der Waals surface area contributed by atoms with Crippen molar-refractivity contribution in [2.24, 2.45) is 5.84 Å². The molecule has 0 spiro atoms. The van der Waals surface area contributed by atoms with Crippen molar-refractivity contribution in [2.75, 3.05) is 0 Å². The molecule has 1 fully saturated rings. The summed E-state index contributed by atoms with van der Waals surface area (Å²) in [5.41, 5.74) is 0.342. The Morgan fingerprint density at radius 1 is 1.25 bits per heavy atom. The molecule has 132 valence electrons. The largest absolute Gasteiger partial charge is 0.445 e. The number of nitrogens with one attached hydrogen (secondary N) is 1. The number of benzene rings is 1. The zero-order chi connectivity index (χ0) is 17.7. The van der Waals surface area contributed by atoms with Crippen molar-refractivity contribution in [2.45, 2.75) is 57.9 Å². The van der Waals surface area contributed by atoms with E-state index >= 15 is 0 Å². The van der Waals surface area contributed by atoms with Crippen LogP contribution in [-0.4, -0.2) is 34.9 Å². The Hall–Kier alpha value is -2.28. The van der Waals surface area contributed by atoms with E-state index in [4.69, 9.17) is 15.3 Å². The maximum Gasteiger partial charge on any atom is 0.424 e. The molecule has 1 aromatic rings. The van der Waals surface area contributed by atoms with Gasteiger partial charge in [0.05, 0.1) is 6.04 Å². The van der Waals surface area contributed by atoms with Gasteiger partial charge in [0.2, 0.25) is 0 Å². The highest BCUT2D eigenvalue weighted by Crippen LogP contribution is 2.25.